The number of fused-ring (bicyclic) bond motifs is 11. The van der Waals surface area contributed by atoms with E-state index >= 15 is 0 Å². The van der Waals surface area contributed by atoms with Gasteiger partial charge in [0.05, 0.1) is 11.2 Å². The summed E-state index contributed by atoms with van der Waals surface area (Å²) in [5, 5.41) is 10.7. The minimum atomic E-state index is -0.232. The van der Waals surface area contributed by atoms with Crippen molar-refractivity contribution in [1.82, 2.24) is 9.97 Å². The van der Waals surface area contributed by atoms with E-state index in [1.807, 2.05) is 0 Å². The van der Waals surface area contributed by atoms with Crippen molar-refractivity contribution in [2.45, 2.75) is 52.4 Å². The van der Waals surface area contributed by atoms with E-state index in [9.17, 15) is 0 Å². The first-order valence-electron chi connectivity index (χ1n) is 34.0. The quantitative estimate of drug-likeness (QED) is 0.112. The Kier molecular flexibility index (Phi) is 13.4. The van der Waals surface area contributed by atoms with Gasteiger partial charge in [0.2, 0.25) is 0 Å². The Morgan fingerprint density at radius 1 is 0.268 bits per heavy atom. The van der Waals surface area contributed by atoms with Crippen LogP contribution in [-0.2, 0) is 10.8 Å². The second-order valence-corrected chi connectivity index (χ2v) is 28.6. The highest BCUT2D eigenvalue weighted by molar-refractivity contribution is 7.00. The second kappa shape index (κ2) is 22.5. The Hall–Kier alpha value is -11.7. The van der Waals surface area contributed by atoms with Crippen LogP contribution in [0.3, 0.4) is 0 Å². The summed E-state index contributed by atoms with van der Waals surface area (Å²) in [6.07, 6.45) is 0. The molecule has 3 heterocycles. The summed E-state index contributed by atoms with van der Waals surface area (Å²) in [5.74, 6) is 0.652. The number of hydrogen-bond donors (Lipinski definition) is 0. The Bertz CT molecular complexity index is 5420. The molecule has 0 atom stereocenters. The van der Waals surface area contributed by atoms with Gasteiger partial charge in [-0.1, -0.05) is 272 Å². The maximum Gasteiger partial charge on any atom is 0.252 e. The topological polar surface area (TPSA) is 32.3 Å². The lowest BCUT2D eigenvalue weighted by atomic mass is 9.33. The number of para-hydroxylation sites is 1. The molecule has 460 valence electrons. The van der Waals surface area contributed by atoms with Gasteiger partial charge in [-0.25, -0.2) is 9.97 Å². The predicted octanol–water partition coefficient (Wildman–Crippen LogP) is 22.9. The summed E-state index contributed by atoms with van der Waals surface area (Å²) >= 11 is 0. The highest BCUT2D eigenvalue weighted by atomic mass is 15.2. The molecule has 0 fully saturated rings. The molecule has 0 amide bonds. The molecule has 1 aromatic heterocycles. The molecule has 2 aliphatic heterocycles. The van der Waals surface area contributed by atoms with Gasteiger partial charge in [-0.2, -0.15) is 0 Å². The molecule has 5 heteroatoms. The van der Waals surface area contributed by atoms with Crippen LogP contribution in [0, 0.1) is 0 Å². The molecule has 0 aliphatic carbocycles. The highest BCUT2D eigenvalue weighted by Crippen LogP contribution is 2.51. The Morgan fingerprint density at radius 3 is 1.07 bits per heavy atom. The van der Waals surface area contributed by atoms with Gasteiger partial charge in [0.15, 0.2) is 5.82 Å². The first-order chi connectivity index (χ1) is 47.3. The molecule has 0 radical (unpaired) electrons. The molecule has 2 aliphatic rings. The molecule has 4 nitrogen and oxygen atoms in total. The Balaban J connectivity index is 1.02. The summed E-state index contributed by atoms with van der Waals surface area (Å²) in [6.45, 7) is 13.7. The summed E-state index contributed by atoms with van der Waals surface area (Å²) in [6, 6.07) is 116. The van der Waals surface area contributed by atoms with Crippen LogP contribution in [0.2, 0.25) is 0 Å². The van der Waals surface area contributed by atoms with Gasteiger partial charge in [0.25, 0.3) is 6.71 Å². The van der Waals surface area contributed by atoms with E-state index in [2.05, 4.69) is 361 Å². The van der Waals surface area contributed by atoms with Crippen LogP contribution in [0.1, 0.15) is 52.7 Å². The van der Waals surface area contributed by atoms with Crippen molar-refractivity contribution in [1.29, 1.82) is 0 Å². The molecule has 0 saturated carbocycles. The molecule has 15 aromatic carbocycles. The average Bonchev–Trinajstić information content (AvgIpc) is 0.688. The van der Waals surface area contributed by atoms with E-state index in [1.54, 1.807) is 0 Å². The molecule has 16 aromatic rings. The lowest BCUT2D eigenvalue weighted by Gasteiger charge is -2.45. The van der Waals surface area contributed by atoms with Crippen molar-refractivity contribution in [2.75, 3.05) is 9.80 Å². The van der Waals surface area contributed by atoms with Crippen molar-refractivity contribution in [3.63, 3.8) is 0 Å². The molecular formula is C92H69BN4. The maximum atomic E-state index is 5.95. The van der Waals surface area contributed by atoms with E-state index < -0.39 is 0 Å². The SMILES string of the molecule is CC(C)(C)c1cc(-c2nc(-c3cc4c5c(c3)N(c3cc(-c6ccccc6)cc(-c6ccccc6)c3)c3cc6c(ccc7ccccc76)cc3B5c3cc5ccc6ccccc6c5cc3N4c3cc(-c4ccccc4)cc(-c4ccccc4)c3)nc3ccccc23)cc(C(C)(C)C)c1. The number of aromatic nitrogens is 2. The van der Waals surface area contributed by atoms with Crippen LogP contribution in [0.25, 0.3) is 121 Å². The summed E-state index contributed by atoms with van der Waals surface area (Å²) < 4.78 is 0. The van der Waals surface area contributed by atoms with Crippen molar-refractivity contribution in [3.8, 4) is 67.2 Å². The second-order valence-electron chi connectivity index (χ2n) is 28.6. The predicted molar refractivity (Wildman–Crippen MR) is 414 cm³/mol. The van der Waals surface area contributed by atoms with E-state index in [0.29, 0.717) is 5.82 Å². The van der Waals surface area contributed by atoms with E-state index in [0.717, 1.165) is 106 Å². The first kappa shape index (κ1) is 58.0. The lowest BCUT2D eigenvalue weighted by Crippen LogP contribution is -2.61. The number of anilines is 6. The standard InChI is InChI=1S/C92H69BN4/c1-91(2,3)72-45-70(46-73(55-72)92(4,5)6)89-78-37-23-24-38-83(78)94-90(95-89)71-53-86-88-87(54-71)97(75-49-68(60-29-15-9-16-30-60)44-69(50-75)61-31-17-10-18-32-61)85-57-80-65(42-40-63-34-20-22-36-77(63)80)52-82(85)93(88)81-51-64-41-39-62-33-19-21-35-76(62)79(64)56-84(81)96(86)74-47-66(58-25-11-7-12-26-58)43-67(48-74)59-27-13-8-14-28-59/h7-57H,1-6H3. The minimum Gasteiger partial charge on any atom is -0.311 e. The molecule has 97 heavy (non-hydrogen) atoms. The van der Waals surface area contributed by atoms with Crippen LogP contribution in [0.4, 0.5) is 34.1 Å². The van der Waals surface area contributed by atoms with Gasteiger partial charge in [-0.05, 0) is 205 Å². The fourth-order valence-corrected chi connectivity index (χ4v) is 15.4. The van der Waals surface area contributed by atoms with Gasteiger partial charge in [-0.15, -0.1) is 0 Å². The molecule has 0 saturated heterocycles. The van der Waals surface area contributed by atoms with Crippen molar-refractivity contribution < 1.29 is 0 Å². The fraction of sp³-hybridized carbons (Fsp3) is 0.0870. The molecule has 0 bridgehead atoms. The zero-order valence-corrected chi connectivity index (χ0v) is 55.3. The van der Waals surface area contributed by atoms with Crippen LogP contribution in [0.15, 0.2) is 309 Å². The average molecular weight is 1240 g/mol. The van der Waals surface area contributed by atoms with Crippen LogP contribution >= 0.6 is 0 Å². The monoisotopic (exact) mass is 1240 g/mol. The third-order valence-electron chi connectivity index (χ3n) is 20.4. The Labute approximate surface area is 567 Å². The van der Waals surface area contributed by atoms with Gasteiger partial charge in [0.1, 0.15) is 0 Å². The number of benzene rings is 15. The molecule has 18 rings (SSSR count). The normalized spacial score (nSPS) is 12.8. The molecular weight excluding hydrogens is 1170 g/mol. The third kappa shape index (κ3) is 9.98. The smallest absolute Gasteiger partial charge is 0.252 e. The zero-order chi connectivity index (χ0) is 65.3. The van der Waals surface area contributed by atoms with E-state index in [4.69, 9.17) is 9.97 Å². The third-order valence-corrected chi connectivity index (χ3v) is 20.4. The zero-order valence-electron chi connectivity index (χ0n) is 55.3. The summed E-state index contributed by atoms with van der Waals surface area (Å²) in [7, 11) is 0. The van der Waals surface area contributed by atoms with Gasteiger partial charge >= 0.3 is 0 Å². The van der Waals surface area contributed by atoms with Crippen LogP contribution in [0.5, 0.6) is 0 Å². The molecule has 0 spiro atoms. The summed E-state index contributed by atoms with van der Waals surface area (Å²) in [4.78, 5) is 16.9. The highest BCUT2D eigenvalue weighted by Gasteiger charge is 2.45. The summed E-state index contributed by atoms with van der Waals surface area (Å²) in [5.41, 5.74) is 25.3. The first-order valence-corrected chi connectivity index (χ1v) is 34.0. The van der Waals surface area contributed by atoms with Crippen molar-refractivity contribution in [2.24, 2.45) is 0 Å². The van der Waals surface area contributed by atoms with Crippen LogP contribution < -0.4 is 26.2 Å². The largest absolute Gasteiger partial charge is 0.311 e. The minimum absolute atomic E-state index is 0.121. The van der Waals surface area contributed by atoms with Gasteiger partial charge in [0, 0.05) is 50.6 Å². The number of rotatable bonds is 8. The van der Waals surface area contributed by atoms with E-state index in [-0.39, 0.29) is 17.5 Å². The van der Waals surface area contributed by atoms with E-state index in [1.165, 1.54) is 70.6 Å². The number of hydrogen-bond acceptors (Lipinski definition) is 4. The number of nitrogens with zero attached hydrogens (tertiary/aromatic N) is 4. The fourth-order valence-electron chi connectivity index (χ4n) is 15.4. The van der Waals surface area contributed by atoms with Crippen molar-refractivity contribution >= 4 is 111 Å². The molecule has 0 unspecified atom stereocenters. The van der Waals surface area contributed by atoms with Crippen LogP contribution in [-0.4, -0.2) is 16.7 Å². The molecule has 0 N–H and O–H groups in total. The maximum absolute atomic E-state index is 5.95. The van der Waals surface area contributed by atoms with Crippen molar-refractivity contribution in [3.05, 3.63) is 321 Å². The lowest BCUT2D eigenvalue weighted by molar-refractivity contribution is 0.569. The van der Waals surface area contributed by atoms with Gasteiger partial charge < -0.3 is 9.80 Å². The van der Waals surface area contributed by atoms with Gasteiger partial charge in [-0.3, -0.25) is 0 Å². The Morgan fingerprint density at radius 2 is 0.649 bits per heavy atom.